The van der Waals surface area contributed by atoms with Gasteiger partial charge in [0.1, 0.15) is 11.5 Å². The molecule has 122 valence electrons. The van der Waals surface area contributed by atoms with E-state index in [0.29, 0.717) is 16.9 Å². The predicted octanol–water partition coefficient (Wildman–Crippen LogP) is 4.51. The number of para-hydroxylation sites is 1. The summed E-state index contributed by atoms with van der Waals surface area (Å²) in [7, 11) is 0. The average Bonchev–Trinajstić information content (AvgIpc) is 3.05. The number of rotatable bonds is 5. The van der Waals surface area contributed by atoms with E-state index in [0.717, 1.165) is 27.4 Å². The maximum absolute atomic E-state index is 11.9. The topological polar surface area (TPSA) is 65.2 Å². The van der Waals surface area contributed by atoms with Crippen LogP contribution < -0.4 is 4.74 Å². The first-order chi connectivity index (χ1) is 11.6. The summed E-state index contributed by atoms with van der Waals surface area (Å²) in [4.78, 5) is 11.9. The van der Waals surface area contributed by atoms with Gasteiger partial charge in [-0.1, -0.05) is 45.9 Å². The zero-order valence-electron chi connectivity index (χ0n) is 12.7. The first-order valence-electron chi connectivity index (χ1n) is 7.10. The second kappa shape index (κ2) is 7.63. The van der Waals surface area contributed by atoms with Crippen LogP contribution in [0.2, 0.25) is 0 Å². The van der Waals surface area contributed by atoms with Crippen LogP contribution in [0.1, 0.15) is 5.56 Å². The minimum absolute atomic E-state index is 0.0936. The highest BCUT2D eigenvalue weighted by Crippen LogP contribution is 2.25. The van der Waals surface area contributed by atoms with Crippen molar-refractivity contribution in [2.45, 2.75) is 12.1 Å². The third kappa shape index (κ3) is 4.24. The standard InChI is InChI=1S/C17H13BrN2O3S/c1-11-4-2-3-5-14(11)22-15(21)10-24-17-20-19-16(23-17)12-6-8-13(18)9-7-12/h2-9H,10H2,1H3. The van der Waals surface area contributed by atoms with Crippen LogP contribution in [0.3, 0.4) is 0 Å². The van der Waals surface area contributed by atoms with Crippen LogP contribution in [0.4, 0.5) is 0 Å². The molecule has 0 saturated heterocycles. The molecule has 3 rings (SSSR count). The highest BCUT2D eigenvalue weighted by atomic mass is 79.9. The fourth-order valence-electron chi connectivity index (χ4n) is 1.92. The van der Waals surface area contributed by atoms with Crippen LogP contribution >= 0.6 is 27.7 Å². The molecule has 0 aliphatic rings. The van der Waals surface area contributed by atoms with Crippen molar-refractivity contribution in [3.05, 3.63) is 58.6 Å². The molecule has 0 unspecified atom stereocenters. The van der Waals surface area contributed by atoms with Gasteiger partial charge in [0.25, 0.3) is 5.22 Å². The molecule has 0 saturated carbocycles. The molecule has 0 aliphatic carbocycles. The molecule has 5 nitrogen and oxygen atoms in total. The molecule has 7 heteroatoms. The molecule has 0 aliphatic heterocycles. The Balaban J connectivity index is 1.58. The van der Waals surface area contributed by atoms with Gasteiger partial charge in [-0.2, -0.15) is 0 Å². The zero-order valence-corrected chi connectivity index (χ0v) is 15.1. The molecule has 0 radical (unpaired) electrons. The van der Waals surface area contributed by atoms with Gasteiger partial charge >= 0.3 is 5.97 Å². The minimum atomic E-state index is -0.363. The number of esters is 1. The van der Waals surface area contributed by atoms with Gasteiger partial charge in [0.15, 0.2) is 0 Å². The summed E-state index contributed by atoms with van der Waals surface area (Å²) in [6.45, 7) is 1.89. The lowest BCUT2D eigenvalue weighted by Crippen LogP contribution is -2.11. The van der Waals surface area contributed by atoms with Crippen molar-refractivity contribution < 1.29 is 13.9 Å². The maximum atomic E-state index is 11.9. The zero-order chi connectivity index (χ0) is 16.9. The predicted molar refractivity (Wildman–Crippen MR) is 95.0 cm³/mol. The third-order valence-electron chi connectivity index (χ3n) is 3.13. The maximum Gasteiger partial charge on any atom is 0.321 e. The van der Waals surface area contributed by atoms with Crippen LogP contribution in [-0.4, -0.2) is 21.9 Å². The van der Waals surface area contributed by atoms with Crippen molar-refractivity contribution >= 4 is 33.7 Å². The average molecular weight is 405 g/mol. The number of hydrogen-bond acceptors (Lipinski definition) is 6. The summed E-state index contributed by atoms with van der Waals surface area (Å²) >= 11 is 4.52. The number of aryl methyl sites for hydroxylation is 1. The minimum Gasteiger partial charge on any atom is -0.426 e. The number of benzene rings is 2. The van der Waals surface area contributed by atoms with E-state index in [1.165, 1.54) is 0 Å². The largest absolute Gasteiger partial charge is 0.426 e. The molecule has 2 aromatic carbocycles. The Bertz CT molecular complexity index is 849. The molecule has 0 N–H and O–H groups in total. The lowest BCUT2D eigenvalue weighted by molar-refractivity contribution is -0.131. The van der Waals surface area contributed by atoms with E-state index in [1.54, 1.807) is 6.07 Å². The smallest absolute Gasteiger partial charge is 0.321 e. The second-order valence-electron chi connectivity index (χ2n) is 4.91. The lowest BCUT2D eigenvalue weighted by atomic mass is 10.2. The molecule has 1 aromatic heterocycles. The van der Waals surface area contributed by atoms with E-state index >= 15 is 0 Å². The second-order valence-corrected chi connectivity index (χ2v) is 6.75. The van der Waals surface area contributed by atoms with Crippen LogP contribution in [0.15, 0.2) is 62.6 Å². The van der Waals surface area contributed by atoms with Crippen molar-refractivity contribution in [2.24, 2.45) is 0 Å². The number of halogens is 1. The summed E-state index contributed by atoms with van der Waals surface area (Å²) in [5.41, 5.74) is 1.73. The molecular formula is C17H13BrN2O3S. The summed E-state index contributed by atoms with van der Waals surface area (Å²) in [6.07, 6.45) is 0. The highest BCUT2D eigenvalue weighted by molar-refractivity contribution is 9.10. The van der Waals surface area contributed by atoms with Gasteiger partial charge in [-0.05, 0) is 42.8 Å². The summed E-state index contributed by atoms with van der Waals surface area (Å²) in [6, 6.07) is 14.9. The molecular weight excluding hydrogens is 392 g/mol. The summed E-state index contributed by atoms with van der Waals surface area (Å²) in [5, 5.41) is 8.25. The van der Waals surface area contributed by atoms with Crippen molar-refractivity contribution in [3.63, 3.8) is 0 Å². The lowest BCUT2D eigenvalue weighted by Gasteiger charge is -2.05. The fraction of sp³-hybridized carbons (Fsp3) is 0.118. The van der Waals surface area contributed by atoms with Gasteiger partial charge in [0.2, 0.25) is 5.89 Å². The Labute approximate surface area is 151 Å². The highest BCUT2D eigenvalue weighted by Gasteiger charge is 2.13. The number of ether oxygens (including phenoxy) is 1. The van der Waals surface area contributed by atoms with Crippen LogP contribution in [-0.2, 0) is 4.79 Å². The van der Waals surface area contributed by atoms with Gasteiger partial charge in [-0.15, -0.1) is 10.2 Å². The Morgan fingerprint density at radius 2 is 1.92 bits per heavy atom. The normalized spacial score (nSPS) is 10.6. The Kier molecular flexibility index (Phi) is 5.32. The molecule has 3 aromatic rings. The number of thioether (sulfide) groups is 1. The number of carbonyl (C=O) groups excluding carboxylic acids is 1. The fourth-order valence-corrected chi connectivity index (χ4v) is 2.72. The van der Waals surface area contributed by atoms with E-state index < -0.39 is 0 Å². The first kappa shape index (κ1) is 16.7. The van der Waals surface area contributed by atoms with Crippen LogP contribution in [0.5, 0.6) is 5.75 Å². The van der Waals surface area contributed by atoms with E-state index in [2.05, 4.69) is 26.1 Å². The molecule has 1 heterocycles. The number of hydrogen-bond donors (Lipinski definition) is 0. The number of nitrogens with zero attached hydrogens (tertiary/aromatic N) is 2. The van der Waals surface area contributed by atoms with Crippen molar-refractivity contribution in [3.8, 4) is 17.2 Å². The van der Waals surface area contributed by atoms with Gasteiger partial charge < -0.3 is 9.15 Å². The van der Waals surface area contributed by atoms with E-state index in [1.807, 2.05) is 49.4 Å². The van der Waals surface area contributed by atoms with E-state index in [4.69, 9.17) is 9.15 Å². The number of aromatic nitrogens is 2. The van der Waals surface area contributed by atoms with Gasteiger partial charge in [0.05, 0.1) is 0 Å². The van der Waals surface area contributed by atoms with E-state index in [9.17, 15) is 4.79 Å². The Hall–Kier alpha value is -2.12. The molecule has 0 fully saturated rings. The third-order valence-corrected chi connectivity index (χ3v) is 4.45. The first-order valence-corrected chi connectivity index (χ1v) is 8.88. The summed E-state index contributed by atoms with van der Waals surface area (Å²) in [5.74, 6) is 0.704. The van der Waals surface area contributed by atoms with E-state index in [-0.39, 0.29) is 11.7 Å². The van der Waals surface area contributed by atoms with Crippen LogP contribution in [0.25, 0.3) is 11.5 Å². The SMILES string of the molecule is Cc1ccccc1OC(=O)CSc1nnc(-c2ccc(Br)cc2)o1. The quantitative estimate of drug-likeness (QED) is 0.354. The van der Waals surface area contributed by atoms with Crippen molar-refractivity contribution in [1.82, 2.24) is 10.2 Å². The van der Waals surface area contributed by atoms with Crippen LogP contribution in [0, 0.1) is 6.92 Å². The number of carbonyl (C=O) groups is 1. The monoisotopic (exact) mass is 404 g/mol. The summed E-state index contributed by atoms with van der Waals surface area (Å²) < 4.78 is 11.8. The van der Waals surface area contributed by atoms with Crippen molar-refractivity contribution in [1.29, 1.82) is 0 Å². The molecule has 0 atom stereocenters. The van der Waals surface area contributed by atoms with Gasteiger partial charge in [-0.3, -0.25) is 4.79 Å². The Morgan fingerprint density at radius 1 is 1.17 bits per heavy atom. The molecule has 0 spiro atoms. The molecule has 0 amide bonds. The van der Waals surface area contributed by atoms with Crippen molar-refractivity contribution in [2.75, 3.05) is 5.75 Å². The van der Waals surface area contributed by atoms with Gasteiger partial charge in [0, 0.05) is 10.0 Å². The Morgan fingerprint density at radius 3 is 2.67 bits per heavy atom. The van der Waals surface area contributed by atoms with Gasteiger partial charge in [-0.25, -0.2) is 0 Å². The molecule has 0 bridgehead atoms. The molecule has 24 heavy (non-hydrogen) atoms.